The molecule has 0 saturated carbocycles. The van der Waals surface area contributed by atoms with Crippen LogP contribution in [0.1, 0.15) is 45.1 Å². The van der Waals surface area contributed by atoms with Crippen molar-refractivity contribution in [3.8, 4) is 5.75 Å². The number of nitrogens with one attached hydrogen (secondary N) is 2. The highest BCUT2D eigenvalue weighted by Crippen LogP contribution is 2.29. The van der Waals surface area contributed by atoms with Crippen LogP contribution in [-0.4, -0.2) is 18.4 Å². The molecule has 1 aromatic carbocycles. The van der Waals surface area contributed by atoms with Crippen molar-refractivity contribution in [2.75, 3.05) is 6.61 Å². The molecule has 0 spiro atoms. The van der Waals surface area contributed by atoms with Gasteiger partial charge in [0.25, 0.3) is 5.91 Å². The molecule has 0 aliphatic rings. The van der Waals surface area contributed by atoms with Crippen LogP contribution in [0.15, 0.2) is 22.7 Å². The highest BCUT2D eigenvalue weighted by atomic mass is 79.9. The molecule has 0 fully saturated rings. The van der Waals surface area contributed by atoms with E-state index in [4.69, 9.17) is 4.74 Å². The maximum Gasteiger partial charge on any atom is 0.276 e. The average Bonchev–Trinajstić information content (AvgIpc) is 2.44. The molecule has 2 amide bonds. The molecular formula is C15H21BrN2O3. The Labute approximate surface area is 133 Å². The van der Waals surface area contributed by atoms with Crippen molar-refractivity contribution in [2.24, 2.45) is 0 Å². The summed E-state index contributed by atoms with van der Waals surface area (Å²) in [4.78, 5) is 22.8. The molecule has 6 heteroatoms. The molecule has 0 saturated heterocycles. The van der Waals surface area contributed by atoms with E-state index in [1.165, 1.54) is 0 Å². The molecule has 1 aromatic rings. The number of hydrogen-bond donors (Lipinski definition) is 2. The minimum absolute atomic E-state index is 0.145. The lowest BCUT2D eigenvalue weighted by Crippen LogP contribution is -2.43. The number of halogens is 1. The van der Waals surface area contributed by atoms with Crippen LogP contribution < -0.4 is 15.6 Å². The molecule has 0 heterocycles. The minimum Gasteiger partial charge on any atom is -0.483 e. The van der Waals surface area contributed by atoms with Gasteiger partial charge in [0.2, 0.25) is 5.91 Å². The van der Waals surface area contributed by atoms with Crippen LogP contribution in [0.5, 0.6) is 5.75 Å². The number of amides is 2. The fourth-order valence-electron chi connectivity index (χ4n) is 1.71. The van der Waals surface area contributed by atoms with E-state index in [1.807, 2.05) is 25.1 Å². The third-order valence-corrected chi connectivity index (χ3v) is 3.26. The van der Waals surface area contributed by atoms with E-state index in [0.29, 0.717) is 12.2 Å². The fraction of sp³-hybridized carbons (Fsp3) is 0.467. The van der Waals surface area contributed by atoms with Crippen LogP contribution >= 0.6 is 15.9 Å². The van der Waals surface area contributed by atoms with Crippen LogP contribution in [0.3, 0.4) is 0 Å². The molecule has 0 aliphatic carbocycles. The molecule has 0 unspecified atom stereocenters. The Kier molecular flexibility index (Phi) is 7.22. The quantitative estimate of drug-likeness (QED) is 0.770. The van der Waals surface area contributed by atoms with Crippen molar-refractivity contribution >= 4 is 27.7 Å². The Bertz CT molecular complexity index is 504. The van der Waals surface area contributed by atoms with Crippen molar-refractivity contribution in [3.05, 3.63) is 28.2 Å². The van der Waals surface area contributed by atoms with Gasteiger partial charge in [-0.3, -0.25) is 20.4 Å². The van der Waals surface area contributed by atoms with Crippen molar-refractivity contribution in [3.63, 3.8) is 0 Å². The number of hydrogen-bond acceptors (Lipinski definition) is 3. The molecular weight excluding hydrogens is 336 g/mol. The third-order valence-electron chi connectivity index (χ3n) is 2.77. The average molecular weight is 357 g/mol. The lowest BCUT2D eigenvalue weighted by Gasteiger charge is -2.14. The lowest BCUT2D eigenvalue weighted by atomic mass is 10.0. The predicted octanol–water partition coefficient (Wildman–Crippen LogP) is 2.90. The van der Waals surface area contributed by atoms with E-state index in [9.17, 15) is 9.59 Å². The first-order valence-corrected chi connectivity index (χ1v) is 7.73. The minimum atomic E-state index is -0.392. The van der Waals surface area contributed by atoms with Gasteiger partial charge in [0, 0.05) is 10.9 Å². The topological polar surface area (TPSA) is 67.4 Å². The SMILES string of the molecule is CCCC(=O)NNC(=O)COc1ccc(Br)cc1C(C)C. The standard InChI is InChI=1S/C15H21BrN2O3/c1-4-5-14(19)17-18-15(20)9-21-13-7-6-11(16)8-12(13)10(2)3/h6-8,10H,4-5,9H2,1-3H3,(H,17,19)(H,18,20). The summed E-state index contributed by atoms with van der Waals surface area (Å²) in [6, 6.07) is 5.66. The number of carbonyl (C=O) groups is 2. The highest BCUT2D eigenvalue weighted by Gasteiger charge is 2.11. The van der Waals surface area contributed by atoms with E-state index in [2.05, 4.69) is 40.6 Å². The summed E-state index contributed by atoms with van der Waals surface area (Å²) in [7, 11) is 0. The van der Waals surface area contributed by atoms with Crippen molar-refractivity contribution in [2.45, 2.75) is 39.5 Å². The molecule has 5 nitrogen and oxygen atoms in total. The van der Waals surface area contributed by atoms with Gasteiger partial charge in [-0.1, -0.05) is 36.7 Å². The Morgan fingerprint density at radius 1 is 1.24 bits per heavy atom. The summed E-state index contributed by atoms with van der Waals surface area (Å²) < 4.78 is 6.49. The number of rotatable bonds is 6. The lowest BCUT2D eigenvalue weighted by molar-refractivity contribution is -0.130. The summed E-state index contributed by atoms with van der Waals surface area (Å²) in [5, 5.41) is 0. The molecule has 2 N–H and O–H groups in total. The summed E-state index contributed by atoms with van der Waals surface area (Å²) >= 11 is 3.42. The second-order valence-electron chi connectivity index (χ2n) is 4.97. The number of benzene rings is 1. The zero-order chi connectivity index (χ0) is 15.8. The first-order chi connectivity index (χ1) is 9.93. The number of ether oxygens (including phenoxy) is 1. The first-order valence-electron chi connectivity index (χ1n) is 6.94. The van der Waals surface area contributed by atoms with Crippen LogP contribution in [0.4, 0.5) is 0 Å². The van der Waals surface area contributed by atoms with Gasteiger partial charge in [-0.15, -0.1) is 0 Å². The number of carbonyl (C=O) groups excluding carboxylic acids is 2. The molecule has 0 radical (unpaired) electrons. The van der Waals surface area contributed by atoms with Crippen LogP contribution in [-0.2, 0) is 9.59 Å². The van der Waals surface area contributed by atoms with Gasteiger partial charge in [0.1, 0.15) is 5.75 Å². The number of hydrazine groups is 1. The summed E-state index contributed by atoms with van der Waals surface area (Å²) in [6.45, 7) is 5.86. The van der Waals surface area contributed by atoms with E-state index in [1.54, 1.807) is 0 Å². The second kappa shape index (κ2) is 8.67. The zero-order valence-electron chi connectivity index (χ0n) is 12.5. The fourth-order valence-corrected chi connectivity index (χ4v) is 2.09. The summed E-state index contributed by atoms with van der Waals surface area (Å²) in [6.07, 6.45) is 1.11. The normalized spacial score (nSPS) is 10.3. The van der Waals surface area contributed by atoms with E-state index in [0.717, 1.165) is 16.5 Å². The Morgan fingerprint density at radius 3 is 2.52 bits per heavy atom. The Morgan fingerprint density at radius 2 is 1.90 bits per heavy atom. The van der Waals surface area contributed by atoms with E-state index < -0.39 is 5.91 Å². The van der Waals surface area contributed by atoms with Gasteiger partial charge in [-0.25, -0.2) is 0 Å². The van der Waals surface area contributed by atoms with Gasteiger partial charge >= 0.3 is 0 Å². The highest BCUT2D eigenvalue weighted by molar-refractivity contribution is 9.10. The first kappa shape index (κ1) is 17.5. The zero-order valence-corrected chi connectivity index (χ0v) is 14.1. The molecule has 1 rings (SSSR count). The molecule has 116 valence electrons. The molecule has 0 atom stereocenters. The van der Waals surface area contributed by atoms with Gasteiger partial charge < -0.3 is 4.74 Å². The van der Waals surface area contributed by atoms with Crippen molar-refractivity contribution < 1.29 is 14.3 Å². The summed E-state index contributed by atoms with van der Waals surface area (Å²) in [5.74, 6) is 0.350. The molecule has 0 aliphatic heterocycles. The molecule has 0 aromatic heterocycles. The maximum absolute atomic E-state index is 11.6. The van der Waals surface area contributed by atoms with Crippen LogP contribution in [0.2, 0.25) is 0 Å². The molecule has 21 heavy (non-hydrogen) atoms. The monoisotopic (exact) mass is 356 g/mol. The summed E-state index contributed by atoms with van der Waals surface area (Å²) in [5.41, 5.74) is 5.69. The smallest absolute Gasteiger partial charge is 0.276 e. The molecule has 0 bridgehead atoms. The largest absolute Gasteiger partial charge is 0.483 e. The van der Waals surface area contributed by atoms with Crippen molar-refractivity contribution in [1.29, 1.82) is 0 Å². The van der Waals surface area contributed by atoms with Crippen molar-refractivity contribution in [1.82, 2.24) is 10.9 Å². The van der Waals surface area contributed by atoms with Gasteiger partial charge in [-0.2, -0.15) is 0 Å². The van der Waals surface area contributed by atoms with Crippen LogP contribution in [0, 0.1) is 0 Å². The van der Waals surface area contributed by atoms with Gasteiger partial charge in [0.05, 0.1) is 0 Å². The van der Waals surface area contributed by atoms with Crippen LogP contribution in [0.25, 0.3) is 0 Å². The Balaban J connectivity index is 2.51. The van der Waals surface area contributed by atoms with Gasteiger partial charge in [0.15, 0.2) is 6.61 Å². The van der Waals surface area contributed by atoms with E-state index >= 15 is 0 Å². The maximum atomic E-state index is 11.6. The van der Waals surface area contributed by atoms with E-state index in [-0.39, 0.29) is 18.4 Å². The second-order valence-corrected chi connectivity index (χ2v) is 5.89. The predicted molar refractivity (Wildman–Crippen MR) is 84.9 cm³/mol. The Hall–Kier alpha value is -1.56. The third kappa shape index (κ3) is 6.16. The van der Waals surface area contributed by atoms with Gasteiger partial charge in [-0.05, 0) is 36.1 Å².